The van der Waals surface area contributed by atoms with E-state index in [1.54, 1.807) is 33.3 Å². The smallest absolute Gasteiger partial charge is 0.269 e. The average Bonchev–Trinajstić information content (AvgIpc) is 2.74. The third kappa shape index (κ3) is 6.77. The van der Waals surface area contributed by atoms with Gasteiger partial charge >= 0.3 is 0 Å². The van der Waals surface area contributed by atoms with E-state index in [0.717, 1.165) is 16.9 Å². The van der Waals surface area contributed by atoms with Gasteiger partial charge in [0.25, 0.3) is 5.69 Å². The number of methoxy groups -OCH3 is 1. The van der Waals surface area contributed by atoms with Gasteiger partial charge in [-0.3, -0.25) is 14.9 Å². The zero-order chi connectivity index (χ0) is 22.1. The van der Waals surface area contributed by atoms with Gasteiger partial charge in [0.2, 0.25) is 5.91 Å². The van der Waals surface area contributed by atoms with Gasteiger partial charge in [-0.2, -0.15) is 0 Å². The molecule has 2 aromatic rings. The first-order valence-electron chi connectivity index (χ1n) is 9.36. The fourth-order valence-corrected chi connectivity index (χ4v) is 2.59. The number of hydrogen-bond donors (Lipinski definition) is 1. The summed E-state index contributed by atoms with van der Waals surface area (Å²) < 4.78 is 5.19. The number of nitrogens with one attached hydrogen (secondary N) is 1. The number of ether oxygens (including phenoxy) is 1. The number of rotatable bonds is 8. The summed E-state index contributed by atoms with van der Waals surface area (Å²) >= 11 is 0. The van der Waals surface area contributed by atoms with Crippen LogP contribution in [0.15, 0.2) is 53.5 Å². The number of hydrogen-bond acceptors (Lipinski definition) is 5. The van der Waals surface area contributed by atoms with E-state index in [9.17, 15) is 14.9 Å². The number of nitro groups is 1. The van der Waals surface area contributed by atoms with Gasteiger partial charge in [-0.25, -0.2) is 4.99 Å². The van der Waals surface area contributed by atoms with Crippen molar-refractivity contribution < 1.29 is 14.5 Å². The summed E-state index contributed by atoms with van der Waals surface area (Å²) in [6.07, 6.45) is 0. The lowest BCUT2D eigenvalue weighted by Gasteiger charge is -2.23. The van der Waals surface area contributed by atoms with E-state index in [1.165, 1.54) is 17.0 Å². The molecule has 0 atom stereocenters. The van der Waals surface area contributed by atoms with Gasteiger partial charge in [-0.1, -0.05) is 24.3 Å². The molecule has 0 aliphatic heterocycles. The minimum absolute atomic E-state index is 0.0364. The molecule has 160 valence electrons. The Bertz CT molecular complexity index is 879. The lowest BCUT2D eigenvalue weighted by molar-refractivity contribution is -0.384. The number of benzene rings is 2. The number of aliphatic imine (C=N–C) groups is 1. The highest BCUT2D eigenvalue weighted by Gasteiger charge is 2.11. The molecule has 2 rings (SSSR count). The molecule has 0 saturated heterocycles. The second kappa shape index (κ2) is 10.8. The van der Waals surface area contributed by atoms with Gasteiger partial charge in [0.15, 0.2) is 5.96 Å². The quantitative estimate of drug-likeness (QED) is 0.308. The monoisotopic (exact) mass is 413 g/mol. The molecular formula is C21H27N5O4. The SMILES string of the molecule is COc1ccc(CN(C)C(=NCc2ccc([N+](=O)[O-])cc2)NCC(=O)N(C)C)cc1. The Morgan fingerprint density at radius 3 is 2.20 bits per heavy atom. The summed E-state index contributed by atoms with van der Waals surface area (Å²) in [7, 11) is 6.89. The molecule has 0 saturated carbocycles. The predicted octanol–water partition coefficient (Wildman–Crippen LogP) is 2.27. The van der Waals surface area contributed by atoms with E-state index >= 15 is 0 Å². The molecule has 0 aliphatic carbocycles. The number of non-ortho nitro benzene ring substituents is 1. The molecule has 0 heterocycles. The second-order valence-electron chi connectivity index (χ2n) is 6.91. The molecule has 2 aromatic carbocycles. The maximum atomic E-state index is 12.0. The molecule has 0 spiro atoms. The molecule has 30 heavy (non-hydrogen) atoms. The molecule has 0 fully saturated rings. The Morgan fingerprint density at radius 1 is 1.07 bits per heavy atom. The third-order valence-electron chi connectivity index (χ3n) is 4.40. The third-order valence-corrected chi connectivity index (χ3v) is 4.40. The summed E-state index contributed by atoms with van der Waals surface area (Å²) in [5, 5.41) is 13.9. The number of carbonyl (C=O) groups excluding carboxylic acids is 1. The maximum absolute atomic E-state index is 12.0. The molecule has 0 aromatic heterocycles. The van der Waals surface area contributed by atoms with Crippen LogP contribution in [-0.2, 0) is 17.9 Å². The molecule has 1 amide bonds. The first-order chi connectivity index (χ1) is 14.3. The van der Waals surface area contributed by atoms with E-state index in [2.05, 4.69) is 10.3 Å². The van der Waals surface area contributed by atoms with Gasteiger partial charge in [-0.05, 0) is 23.3 Å². The molecule has 0 aliphatic rings. The largest absolute Gasteiger partial charge is 0.497 e. The normalized spacial score (nSPS) is 11.0. The number of carbonyl (C=O) groups is 1. The fraction of sp³-hybridized carbons (Fsp3) is 0.333. The highest BCUT2D eigenvalue weighted by atomic mass is 16.6. The van der Waals surface area contributed by atoms with Crippen LogP contribution in [0.25, 0.3) is 0 Å². The van der Waals surface area contributed by atoms with E-state index in [1.807, 2.05) is 36.2 Å². The zero-order valence-electron chi connectivity index (χ0n) is 17.7. The first kappa shape index (κ1) is 22.7. The summed E-state index contributed by atoms with van der Waals surface area (Å²) in [5.41, 5.74) is 1.92. The van der Waals surface area contributed by atoms with E-state index in [-0.39, 0.29) is 18.1 Å². The van der Waals surface area contributed by atoms with Gasteiger partial charge in [0.1, 0.15) is 5.75 Å². The van der Waals surface area contributed by atoms with Crippen molar-refractivity contribution in [2.24, 2.45) is 4.99 Å². The summed E-state index contributed by atoms with van der Waals surface area (Å²) in [4.78, 5) is 30.4. The first-order valence-corrected chi connectivity index (χ1v) is 9.36. The summed E-state index contributed by atoms with van der Waals surface area (Å²) in [6.45, 7) is 1.01. The van der Waals surface area contributed by atoms with Crippen LogP contribution in [0.3, 0.4) is 0 Å². The number of likely N-dealkylation sites (N-methyl/N-ethyl adjacent to an activating group) is 1. The fourth-order valence-electron chi connectivity index (χ4n) is 2.59. The number of nitrogens with zero attached hydrogens (tertiary/aromatic N) is 4. The van der Waals surface area contributed by atoms with Crippen molar-refractivity contribution in [3.05, 3.63) is 69.8 Å². The summed E-state index contributed by atoms with van der Waals surface area (Å²) in [6, 6.07) is 14.0. The topological polar surface area (TPSA) is 100 Å². The van der Waals surface area contributed by atoms with Crippen LogP contribution in [-0.4, -0.2) is 61.4 Å². The number of guanidine groups is 1. The second-order valence-corrected chi connectivity index (χ2v) is 6.91. The Kier molecular flexibility index (Phi) is 8.16. The van der Waals surface area contributed by atoms with Crippen LogP contribution in [0.5, 0.6) is 5.75 Å². The highest BCUT2D eigenvalue weighted by molar-refractivity contribution is 5.86. The predicted molar refractivity (Wildman–Crippen MR) is 115 cm³/mol. The van der Waals surface area contributed by atoms with Crippen molar-refractivity contribution in [2.45, 2.75) is 13.1 Å². The summed E-state index contributed by atoms with van der Waals surface area (Å²) in [5.74, 6) is 1.26. The zero-order valence-corrected chi connectivity index (χ0v) is 17.7. The van der Waals surface area contributed by atoms with Crippen molar-refractivity contribution in [2.75, 3.05) is 34.8 Å². The minimum atomic E-state index is -0.435. The van der Waals surface area contributed by atoms with E-state index < -0.39 is 4.92 Å². The minimum Gasteiger partial charge on any atom is -0.497 e. The van der Waals surface area contributed by atoms with Crippen molar-refractivity contribution in [1.29, 1.82) is 0 Å². The Labute approximate surface area is 176 Å². The molecule has 9 heteroatoms. The van der Waals surface area contributed by atoms with Crippen LogP contribution in [0, 0.1) is 10.1 Å². The van der Waals surface area contributed by atoms with Crippen LogP contribution in [0.2, 0.25) is 0 Å². The molecule has 9 nitrogen and oxygen atoms in total. The molecular weight excluding hydrogens is 386 g/mol. The van der Waals surface area contributed by atoms with Gasteiger partial charge in [0, 0.05) is 39.8 Å². The van der Waals surface area contributed by atoms with Crippen LogP contribution >= 0.6 is 0 Å². The number of amides is 1. The van der Waals surface area contributed by atoms with E-state index in [0.29, 0.717) is 19.0 Å². The highest BCUT2D eigenvalue weighted by Crippen LogP contribution is 2.14. The van der Waals surface area contributed by atoms with Crippen LogP contribution in [0.4, 0.5) is 5.69 Å². The van der Waals surface area contributed by atoms with Crippen molar-refractivity contribution >= 4 is 17.6 Å². The molecule has 0 radical (unpaired) electrons. The standard InChI is InChI=1S/C21H27N5O4/c1-24(2)20(27)14-23-21(22-13-16-5-9-18(10-6-16)26(28)29)25(3)15-17-7-11-19(30-4)12-8-17/h5-12H,13-15H2,1-4H3,(H,22,23). The van der Waals surface area contributed by atoms with Gasteiger partial charge < -0.3 is 19.9 Å². The lowest BCUT2D eigenvalue weighted by atomic mass is 10.2. The lowest BCUT2D eigenvalue weighted by Crippen LogP contribution is -2.43. The number of nitro benzene ring substituents is 1. The Morgan fingerprint density at radius 2 is 1.67 bits per heavy atom. The molecule has 0 bridgehead atoms. The molecule has 1 N–H and O–H groups in total. The van der Waals surface area contributed by atoms with Crippen LogP contribution < -0.4 is 10.1 Å². The van der Waals surface area contributed by atoms with Crippen molar-refractivity contribution in [1.82, 2.24) is 15.1 Å². The van der Waals surface area contributed by atoms with Gasteiger partial charge in [-0.15, -0.1) is 0 Å². The molecule has 0 unspecified atom stereocenters. The average molecular weight is 413 g/mol. The maximum Gasteiger partial charge on any atom is 0.269 e. The Balaban J connectivity index is 2.13. The van der Waals surface area contributed by atoms with E-state index in [4.69, 9.17) is 4.74 Å². The van der Waals surface area contributed by atoms with Crippen molar-refractivity contribution in [3.8, 4) is 5.75 Å². The van der Waals surface area contributed by atoms with Crippen LogP contribution in [0.1, 0.15) is 11.1 Å². The Hall–Kier alpha value is -3.62. The van der Waals surface area contributed by atoms with Crippen molar-refractivity contribution in [3.63, 3.8) is 0 Å². The van der Waals surface area contributed by atoms with Gasteiger partial charge in [0.05, 0.1) is 25.1 Å².